The van der Waals surface area contributed by atoms with E-state index >= 15 is 0 Å². The number of aryl methyl sites for hydroxylation is 1. The summed E-state index contributed by atoms with van der Waals surface area (Å²) in [5.41, 5.74) is 9.95. The van der Waals surface area contributed by atoms with Crippen molar-refractivity contribution in [2.75, 3.05) is 7.11 Å². The molecule has 0 atom stereocenters. The van der Waals surface area contributed by atoms with Gasteiger partial charge in [0, 0.05) is 23.4 Å². The highest BCUT2D eigenvalue weighted by Crippen LogP contribution is 2.34. The smallest absolute Gasteiger partial charge is 0.410 e. The van der Waals surface area contributed by atoms with Crippen molar-refractivity contribution in [2.45, 2.75) is 13.5 Å². The van der Waals surface area contributed by atoms with Gasteiger partial charge in [0.15, 0.2) is 5.75 Å². The Morgan fingerprint density at radius 3 is 2.33 bits per heavy atom. The van der Waals surface area contributed by atoms with Crippen LogP contribution >= 0.6 is 0 Å². The summed E-state index contributed by atoms with van der Waals surface area (Å²) in [6.07, 6.45) is 0.823. The third-order valence-corrected chi connectivity index (χ3v) is 4.99. The monoisotopic (exact) mass is 441 g/mol. The molecule has 0 saturated heterocycles. The Balaban J connectivity index is 1.58. The molecule has 0 aliphatic rings. The second kappa shape index (κ2) is 9.82. The van der Waals surface area contributed by atoms with E-state index < -0.39 is 6.09 Å². The molecule has 0 radical (unpaired) electrons. The van der Waals surface area contributed by atoms with Crippen molar-refractivity contribution < 1.29 is 19.0 Å². The van der Waals surface area contributed by atoms with Crippen LogP contribution in [0, 0.1) is 6.92 Å². The number of methoxy groups -OCH3 is 1. The van der Waals surface area contributed by atoms with Crippen LogP contribution in [0.1, 0.15) is 11.1 Å². The van der Waals surface area contributed by atoms with Gasteiger partial charge in [0.1, 0.15) is 18.1 Å². The fourth-order valence-corrected chi connectivity index (χ4v) is 3.35. The van der Waals surface area contributed by atoms with E-state index in [0.29, 0.717) is 23.9 Å². The number of carbonyl (C=O) groups is 1. The molecule has 0 fully saturated rings. The molecule has 166 valence electrons. The topological polar surface area (TPSA) is 96.6 Å². The Kier molecular flexibility index (Phi) is 6.50. The lowest BCUT2D eigenvalue weighted by Gasteiger charge is -2.13. The van der Waals surface area contributed by atoms with Crippen LogP contribution in [0.15, 0.2) is 79.0 Å². The maximum atomic E-state index is 11.4. The molecule has 0 saturated carbocycles. The lowest BCUT2D eigenvalue weighted by molar-refractivity contribution is 0.211. The molecule has 0 spiro atoms. The van der Waals surface area contributed by atoms with E-state index in [2.05, 4.69) is 4.98 Å². The zero-order valence-electron chi connectivity index (χ0n) is 18.3. The summed E-state index contributed by atoms with van der Waals surface area (Å²) >= 11 is 0. The fraction of sp³-hybridized carbons (Fsp3) is 0.115. The van der Waals surface area contributed by atoms with Gasteiger partial charge in [-0.2, -0.15) is 0 Å². The number of nitrogens with two attached hydrogens (primary N) is 1. The average Bonchev–Trinajstić information content (AvgIpc) is 2.84. The summed E-state index contributed by atoms with van der Waals surface area (Å²) < 4.78 is 16.2. The number of amides is 1. The highest BCUT2D eigenvalue weighted by Gasteiger charge is 2.16. The number of primary amides is 1. The lowest BCUT2D eigenvalue weighted by Crippen LogP contribution is -2.17. The van der Waals surface area contributed by atoms with E-state index in [-0.39, 0.29) is 0 Å². The van der Waals surface area contributed by atoms with Gasteiger partial charge in [-0.3, -0.25) is 0 Å². The Labute approximate surface area is 191 Å². The van der Waals surface area contributed by atoms with Gasteiger partial charge in [-0.15, -0.1) is 0 Å². The standard InChI is InChI=1S/C26H23N3O4/c1-17-14-22(33-26(27)30)25(19-6-4-3-5-7-19)29-24(17)20-10-13-23(28-15-20)32-16-18-8-11-21(31-2)12-9-18/h3-15H,16H2,1-2H3,(H2,27,30). The minimum absolute atomic E-state index is 0.308. The van der Waals surface area contributed by atoms with E-state index in [1.807, 2.05) is 67.6 Å². The summed E-state index contributed by atoms with van der Waals surface area (Å²) in [4.78, 5) is 20.6. The first kappa shape index (κ1) is 21.8. The number of carbonyl (C=O) groups excluding carboxylic acids is 1. The van der Waals surface area contributed by atoms with Crippen molar-refractivity contribution in [3.63, 3.8) is 0 Å². The zero-order chi connectivity index (χ0) is 23.2. The summed E-state index contributed by atoms with van der Waals surface area (Å²) in [7, 11) is 1.63. The number of aromatic nitrogens is 2. The van der Waals surface area contributed by atoms with E-state index in [9.17, 15) is 4.79 Å². The predicted octanol–water partition coefficient (Wildman–Crippen LogP) is 5.16. The molecular weight excluding hydrogens is 418 g/mol. The largest absolute Gasteiger partial charge is 0.497 e. The van der Waals surface area contributed by atoms with Crippen LogP contribution in [0.25, 0.3) is 22.5 Å². The first-order chi connectivity index (χ1) is 16.0. The van der Waals surface area contributed by atoms with Gasteiger partial charge >= 0.3 is 6.09 Å². The van der Waals surface area contributed by atoms with Crippen molar-refractivity contribution in [3.8, 4) is 39.9 Å². The Morgan fingerprint density at radius 2 is 1.70 bits per heavy atom. The third kappa shape index (κ3) is 5.27. The molecular formula is C26H23N3O4. The van der Waals surface area contributed by atoms with Gasteiger partial charge in [-0.25, -0.2) is 14.8 Å². The molecule has 4 aromatic rings. The van der Waals surface area contributed by atoms with Gasteiger partial charge in [-0.1, -0.05) is 42.5 Å². The summed E-state index contributed by atoms with van der Waals surface area (Å²) in [5.74, 6) is 1.61. The van der Waals surface area contributed by atoms with Crippen molar-refractivity contribution in [1.29, 1.82) is 0 Å². The first-order valence-corrected chi connectivity index (χ1v) is 10.3. The van der Waals surface area contributed by atoms with Gasteiger partial charge < -0.3 is 19.9 Å². The number of pyridine rings is 2. The molecule has 33 heavy (non-hydrogen) atoms. The zero-order valence-corrected chi connectivity index (χ0v) is 18.3. The molecule has 0 aliphatic heterocycles. The van der Waals surface area contributed by atoms with Gasteiger partial charge in [-0.05, 0) is 42.3 Å². The molecule has 0 bridgehead atoms. The molecule has 0 aliphatic carbocycles. The molecule has 1 amide bonds. The molecule has 0 unspecified atom stereocenters. The van der Waals surface area contributed by atoms with Crippen LogP contribution in [0.3, 0.4) is 0 Å². The van der Waals surface area contributed by atoms with Crippen LogP contribution in [-0.2, 0) is 6.61 Å². The molecule has 7 nitrogen and oxygen atoms in total. The normalized spacial score (nSPS) is 10.5. The number of ether oxygens (including phenoxy) is 3. The van der Waals surface area contributed by atoms with Gasteiger partial charge in [0.25, 0.3) is 0 Å². The van der Waals surface area contributed by atoms with Gasteiger partial charge in [0.05, 0.1) is 12.8 Å². The second-order valence-electron chi connectivity index (χ2n) is 7.31. The minimum atomic E-state index is -0.888. The fourth-order valence-electron chi connectivity index (χ4n) is 3.35. The molecule has 2 N–H and O–H groups in total. The predicted molar refractivity (Wildman–Crippen MR) is 125 cm³/mol. The SMILES string of the molecule is COc1ccc(COc2ccc(-c3nc(-c4ccccc4)c(OC(N)=O)cc3C)cn2)cc1. The molecule has 2 aromatic carbocycles. The van der Waals surface area contributed by atoms with Crippen LogP contribution in [0.5, 0.6) is 17.4 Å². The maximum Gasteiger partial charge on any atom is 0.410 e. The van der Waals surface area contributed by atoms with Crippen LogP contribution in [0.2, 0.25) is 0 Å². The summed E-state index contributed by atoms with van der Waals surface area (Å²) in [5, 5.41) is 0. The van der Waals surface area contributed by atoms with E-state index in [4.69, 9.17) is 24.9 Å². The number of benzene rings is 2. The average molecular weight is 441 g/mol. The van der Waals surface area contributed by atoms with Crippen molar-refractivity contribution >= 4 is 6.09 Å². The van der Waals surface area contributed by atoms with Gasteiger partial charge in [0.2, 0.25) is 5.88 Å². The number of rotatable bonds is 7. The van der Waals surface area contributed by atoms with E-state index in [1.165, 1.54) is 0 Å². The molecule has 7 heteroatoms. The quantitative estimate of drug-likeness (QED) is 0.425. The number of hydrogen-bond acceptors (Lipinski definition) is 6. The Morgan fingerprint density at radius 1 is 0.939 bits per heavy atom. The highest BCUT2D eigenvalue weighted by molar-refractivity contribution is 5.77. The van der Waals surface area contributed by atoms with Crippen LogP contribution in [0.4, 0.5) is 4.79 Å². The van der Waals surface area contributed by atoms with Crippen LogP contribution in [-0.4, -0.2) is 23.2 Å². The van der Waals surface area contributed by atoms with Crippen LogP contribution < -0.4 is 19.9 Å². The van der Waals surface area contributed by atoms with Crippen molar-refractivity contribution in [1.82, 2.24) is 9.97 Å². The minimum Gasteiger partial charge on any atom is -0.497 e. The molecule has 2 heterocycles. The molecule has 4 rings (SSSR count). The van der Waals surface area contributed by atoms with E-state index in [0.717, 1.165) is 33.7 Å². The van der Waals surface area contributed by atoms with Crippen molar-refractivity contribution in [3.05, 3.63) is 90.1 Å². The lowest BCUT2D eigenvalue weighted by atomic mass is 10.0. The number of hydrogen-bond donors (Lipinski definition) is 1. The maximum absolute atomic E-state index is 11.4. The third-order valence-electron chi connectivity index (χ3n) is 4.99. The first-order valence-electron chi connectivity index (χ1n) is 10.3. The van der Waals surface area contributed by atoms with E-state index in [1.54, 1.807) is 25.4 Å². The van der Waals surface area contributed by atoms with Crippen molar-refractivity contribution in [2.24, 2.45) is 5.73 Å². The Bertz CT molecular complexity index is 1240. The highest BCUT2D eigenvalue weighted by atomic mass is 16.5. The molecule has 2 aromatic heterocycles. The summed E-state index contributed by atoms with van der Waals surface area (Å²) in [6.45, 7) is 2.28. The number of nitrogens with zero attached hydrogens (tertiary/aromatic N) is 2. The summed E-state index contributed by atoms with van der Waals surface area (Å²) in [6, 6.07) is 22.6. The second-order valence-corrected chi connectivity index (χ2v) is 7.31. The Hall–Kier alpha value is -4.39.